The lowest BCUT2D eigenvalue weighted by atomic mass is 9.91. The maximum absolute atomic E-state index is 13.0. The number of benzene rings is 2. The van der Waals surface area contributed by atoms with E-state index in [1.54, 1.807) is 0 Å². The molecule has 36 heavy (non-hydrogen) atoms. The van der Waals surface area contributed by atoms with E-state index >= 15 is 0 Å². The summed E-state index contributed by atoms with van der Waals surface area (Å²) in [5.41, 5.74) is 1.01. The molecular formula is C31H46O5. The Morgan fingerprint density at radius 3 is 1.89 bits per heavy atom. The van der Waals surface area contributed by atoms with E-state index in [1.165, 1.54) is 57.8 Å². The first-order valence-electron chi connectivity index (χ1n) is 13.9. The molecule has 0 heterocycles. The SMILES string of the molecule is CCCCCCCCCCCCCC(C(=O)OCCOc1ccccc1)C(Cc1ccccc1)OO. The lowest BCUT2D eigenvalue weighted by molar-refractivity contribution is -0.290. The van der Waals surface area contributed by atoms with Gasteiger partial charge in [0, 0.05) is 6.42 Å². The summed E-state index contributed by atoms with van der Waals surface area (Å²) in [5.74, 6) is -0.120. The highest BCUT2D eigenvalue weighted by Crippen LogP contribution is 2.23. The molecule has 2 atom stereocenters. The van der Waals surface area contributed by atoms with Crippen LogP contribution in [0.1, 0.15) is 89.5 Å². The molecule has 5 nitrogen and oxygen atoms in total. The van der Waals surface area contributed by atoms with Crippen LogP contribution in [0.3, 0.4) is 0 Å². The van der Waals surface area contributed by atoms with Crippen molar-refractivity contribution in [2.24, 2.45) is 5.92 Å². The Balaban J connectivity index is 1.76. The zero-order chi connectivity index (χ0) is 25.7. The van der Waals surface area contributed by atoms with E-state index in [2.05, 4.69) is 6.92 Å². The first kappa shape index (κ1) is 29.9. The molecule has 5 heteroatoms. The largest absolute Gasteiger partial charge is 0.490 e. The molecule has 200 valence electrons. The smallest absolute Gasteiger partial charge is 0.311 e. The van der Waals surface area contributed by atoms with Crippen LogP contribution in [0.2, 0.25) is 0 Å². The molecule has 0 bridgehead atoms. The molecule has 0 amide bonds. The minimum absolute atomic E-state index is 0.159. The Labute approximate surface area is 218 Å². The number of hydrogen-bond acceptors (Lipinski definition) is 5. The predicted octanol–water partition coefficient (Wildman–Crippen LogP) is 8.03. The van der Waals surface area contributed by atoms with E-state index in [-0.39, 0.29) is 19.2 Å². The lowest BCUT2D eigenvalue weighted by Crippen LogP contribution is -2.34. The number of rotatable bonds is 21. The lowest BCUT2D eigenvalue weighted by Gasteiger charge is -2.23. The van der Waals surface area contributed by atoms with E-state index in [0.717, 1.165) is 24.2 Å². The van der Waals surface area contributed by atoms with Gasteiger partial charge in [-0.3, -0.25) is 10.1 Å². The Bertz CT molecular complexity index is 780. The quantitative estimate of drug-likeness (QED) is 0.0817. The van der Waals surface area contributed by atoms with E-state index in [1.807, 2.05) is 60.7 Å². The zero-order valence-corrected chi connectivity index (χ0v) is 22.1. The third-order valence-electron chi connectivity index (χ3n) is 6.62. The first-order valence-corrected chi connectivity index (χ1v) is 13.9. The average Bonchev–Trinajstić information content (AvgIpc) is 2.92. The molecule has 0 radical (unpaired) electrons. The van der Waals surface area contributed by atoms with Crippen LogP contribution in [0.5, 0.6) is 5.75 Å². The van der Waals surface area contributed by atoms with Crippen LogP contribution in [-0.4, -0.2) is 30.5 Å². The molecule has 0 aliphatic carbocycles. The number of carbonyl (C=O) groups is 1. The van der Waals surface area contributed by atoms with Crippen molar-refractivity contribution in [3.8, 4) is 5.75 Å². The van der Waals surface area contributed by atoms with Crippen molar-refractivity contribution in [2.45, 2.75) is 96.5 Å². The summed E-state index contributed by atoms with van der Waals surface area (Å²) in [5, 5.41) is 9.67. The Hall–Kier alpha value is -2.37. The zero-order valence-electron chi connectivity index (χ0n) is 22.1. The number of para-hydroxylation sites is 1. The van der Waals surface area contributed by atoms with Crippen LogP contribution < -0.4 is 4.74 Å². The number of ether oxygens (including phenoxy) is 2. The van der Waals surface area contributed by atoms with Crippen LogP contribution in [0.15, 0.2) is 60.7 Å². The van der Waals surface area contributed by atoms with Gasteiger partial charge in [-0.05, 0) is 24.1 Å². The maximum atomic E-state index is 13.0. The number of esters is 1. The van der Waals surface area contributed by atoms with Gasteiger partial charge in [0.05, 0.1) is 5.92 Å². The normalized spacial score (nSPS) is 12.7. The molecule has 2 aromatic carbocycles. The Morgan fingerprint density at radius 1 is 0.750 bits per heavy atom. The maximum Gasteiger partial charge on any atom is 0.311 e. The summed E-state index contributed by atoms with van der Waals surface area (Å²) in [6.45, 7) is 2.69. The second-order valence-electron chi connectivity index (χ2n) is 9.59. The van der Waals surface area contributed by atoms with Crippen LogP contribution in [-0.2, 0) is 20.8 Å². The molecule has 0 saturated heterocycles. The minimum atomic E-state index is -0.641. The van der Waals surface area contributed by atoms with Crippen LogP contribution >= 0.6 is 0 Å². The molecule has 0 spiro atoms. The molecule has 1 N–H and O–H groups in total. The summed E-state index contributed by atoms with van der Waals surface area (Å²) in [6, 6.07) is 19.3. The fourth-order valence-electron chi connectivity index (χ4n) is 4.51. The molecule has 2 rings (SSSR count). The van der Waals surface area contributed by atoms with Crippen molar-refractivity contribution < 1.29 is 24.4 Å². The summed E-state index contributed by atoms with van der Waals surface area (Å²) >= 11 is 0. The van der Waals surface area contributed by atoms with Gasteiger partial charge in [-0.25, -0.2) is 4.89 Å². The monoisotopic (exact) mass is 498 g/mol. The number of hydrogen-bond donors (Lipinski definition) is 1. The topological polar surface area (TPSA) is 65.0 Å². The summed E-state index contributed by atoms with van der Waals surface area (Å²) in [4.78, 5) is 17.8. The van der Waals surface area contributed by atoms with E-state index in [4.69, 9.17) is 14.4 Å². The third kappa shape index (κ3) is 13.1. The van der Waals surface area contributed by atoms with Gasteiger partial charge in [-0.1, -0.05) is 126 Å². The molecule has 0 aliphatic rings. The minimum Gasteiger partial charge on any atom is -0.490 e. The van der Waals surface area contributed by atoms with E-state index in [0.29, 0.717) is 12.8 Å². The molecule has 2 aromatic rings. The van der Waals surface area contributed by atoms with Gasteiger partial charge >= 0.3 is 5.97 Å². The van der Waals surface area contributed by atoms with Crippen molar-refractivity contribution >= 4 is 5.97 Å². The second-order valence-corrected chi connectivity index (χ2v) is 9.59. The van der Waals surface area contributed by atoms with E-state index < -0.39 is 12.0 Å². The summed E-state index contributed by atoms with van der Waals surface area (Å²) in [6.07, 6.45) is 14.2. The molecule has 0 saturated carbocycles. The molecular weight excluding hydrogens is 452 g/mol. The molecule has 2 unspecified atom stereocenters. The highest BCUT2D eigenvalue weighted by molar-refractivity contribution is 5.73. The Morgan fingerprint density at radius 2 is 1.31 bits per heavy atom. The van der Waals surface area contributed by atoms with Crippen molar-refractivity contribution in [2.75, 3.05) is 13.2 Å². The van der Waals surface area contributed by atoms with Crippen LogP contribution in [0.25, 0.3) is 0 Å². The Kier molecular flexibility index (Phi) is 16.4. The van der Waals surface area contributed by atoms with Crippen LogP contribution in [0.4, 0.5) is 0 Å². The summed E-state index contributed by atoms with van der Waals surface area (Å²) < 4.78 is 11.2. The highest BCUT2D eigenvalue weighted by Gasteiger charge is 2.31. The first-order chi connectivity index (χ1) is 17.7. The number of carbonyl (C=O) groups excluding carboxylic acids is 1. The predicted molar refractivity (Wildman–Crippen MR) is 145 cm³/mol. The third-order valence-corrected chi connectivity index (χ3v) is 6.62. The van der Waals surface area contributed by atoms with Crippen molar-refractivity contribution in [3.63, 3.8) is 0 Å². The van der Waals surface area contributed by atoms with Gasteiger partial charge in [0.1, 0.15) is 25.1 Å². The average molecular weight is 499 g/mol. The molecule has 0 aliphatic heterocycles. The molecule has 0 aromatic heterocycles. The van der Waals surface area contributed by atoms with Crippen molar-refractivity contribution in [1.82, 2.24) is 0 Å². The second kappa shape index (κ2) is 19.8. The van der Waals surface area contributed by atoms with Gasteiger partial charge < -0.3 is 9.47 Å². The molecule has 0 fully saturated rings. The van der Waals surface area contributed by atoms with Gasteiger partial charge in [-0.15, -0.1) is 0 Å². The standard InChI is InChI=1S/C31H46O5/c1-2-3-4-5-6-7-8-9-10-11-18-23-29(30(36-33)26-27-19-14-12-15-20-27)31(32)35-25-24-34-28-21-16-13-17-22-28/h12-17,19-22,29-30,33H,2-11,18,23-26H2,1H3. The van der Waals surface area contributed by atoms with Crippen molar-refractivity contribution in [1.29, 1.82) is 0 Å². The van der Waals surface area contributed by atoms with Gasteiger partial charge in [0.25, 0.3) is 0 Å². The highest BCUT2D eigenvalue weighted by atomic mass is 17.1. The summed E-state index contributed by atoms with van der Waals surface area (Å²) in [7, 11) is 0. The van der Waals surface area contributed by atoms with Crippen LogP contribution in [0, 0.1) is 5.92 Å². The van der Waals surface area contributed by atoms with Crippen molar-refractivity contribution in [3.05, 3.63) is 66.2 Å². The fraction of sp³-hybridized carbons (Fsp3) is 0.581. The van der Waals surface area contributed by atoms with E-state index in [9.17, 15) is 10.1 Å². The van der Waals surface area contributed by atoms with Gasteiger partial charge in [-0.2, -0.15) is 0 Å². The van der Waals surface area contributed by atoms with Gasteiger partial charge in [0.15, 0.2) is 0 Å². The van der Waals surface area contributed by atoms with Gasteiger partial charge in [0.2, 0.25) is 0 Å². The number of unbranched alkanes of at least 4 members (excludes halogenated alkanes) is 10. The fourth-order valence-corrected chi connectivity index (χ4v) is 4.51.